The molecule has 0 spiro atoms. The Bertz CT molecular complexity index is 1800. The van der Waals surface area contributed by atoms with Gasteiger partial charge in [-0.15, -0.1) is 0 Å². The van der Waals surface area contributed by atoms with Crippen molar-refractivity contribution in [1.29, 1.82) is 0 Å². The lowest BCUT2D eigenvalue weighted by atomic mass is 9.90. The summed E-state index contributed by atoms with van der Waals surface area (Å²) in [5.41, 5.74) is 0.0381. The number of methoxy groups -OCH3 is 1. The third kappa shape index (κ3) is 4.62. The van der Waals surface area contributed by atoms with Gasteiger partial charge >= 0.3 is 11.9 Å². The Morgan fingerprint density at radius 3 is 2.15 bits per heavy atom. The molecule has 0 aliphatic carbocycles. The topological polar surface area (TPSA) is 168 Å². The van der Waals surface area contributed by atoms with Crippen LogP contribution in [0.4, 0.5) is 0 Å². The van der Waals surface area contributed by atoms with Gasteiger partial charge in [-0.05, 0) is 24.3 Å². The molecule has 1 unspecified atom stereocenters. The van der Waals surface area contributed by atoms with E-state index in [1.54, 1.807) is 48.5 Å². The Hall–Kier alpha value is -5.51. The molecule has 3 aromatic carbocycles. The fourth-order valence-electron chi connectivity index (χ4n) is 4.51. The van der Waals surface area contributed by atoms with E-state index in [-0.39, 0.29) is 28.2 Å². The maximum absolute atomic E-state index is 13.1. The van der Waals surface area contributed by atoms with Crippen LogP contribution in [0.1, 0.15) is 34.0 Å². The van der Waals surface area contributed by atoms with Gasteiger partial charge in [-0.3, -0.25) is 9.59 Å². The number of carboxylic acid groups (broad SMARTS) is 1. The van der Waals surface area contributed by atoms with E-state index in [0.29, 0.717) is 16.9 Å². The number of benzene rings is 3. The van der Waals surface area contributed by atoms with Gasteiger partial charge in [-0.25, -0.2) is 4.79 Å². The maximum atomic E-state index is 13.1. The SMILES string of the molecule is COC(=O)CC(c1ccc(-c2ccc(C(=O)O)cc2)o1)c1c(O)c(O)c(O)c2c(=O)cc(-c3ccccc3)oc12. The van der Waals surface area contributed by atoms with Gasteiger partial charge < -0.3 is 34.0 Å². The van der Waals surface area contributed by atoms with Crippen LogP contribution in [0.3, 0.4) is 0 Å². The summed E-state index contributed by atoms with van der Waals surface area (Å²) in [5, 5.41) is 40.9. The van der Waals surface area contributed by atoms with E-state index >= 15 is 0 Å². The molecule has 202 valence electrons. The number of phenolic OH excluding ortho intramolecular Hbond substituents is 3. The van der Waals surface area contributed by atoms with Gasteiger partial charge in [-0.2, -0.15) is 0 Å². The highest BCUT2D eigenvalue weighted by Crippen LogP contribution is 2.49. The number of carboxylic acids is 1. The zero-order valence-corrected chi connectivity index (χ0v) is 21.0. The second-order valence-corrected chi connectivity index (χ2v) is 8.92. The number of aromatic carboxylic acids is 1. The number of carbonyl (C=O) groups excluding carboxylic acids is 1. The molecule has 0 radical (unpaired) electrons. The highest BCUT2D eigenvalue weighted by atomic mass is 16.5. The summed E-state index contributed by atoms with van der Waals surface area (Å²) in [6, 6.07) is 18.8. The summed E-state index contributed by atoms with van der Waals surface area (Å²) in [6.07, 6.45) is -0.395. The largest absolute Gasteiger partial charge is 0.504 e. The second kappa shape index (κ2) is 10.3. The smallest absolute Gasteiger partial charge is 0.335 e. The molecule has 0 amide bonds. The molecule has 4 N–H and O–H groups in total. The zero-order valence-electron chi connectivity index (χ0n) is 21.0. The number of carbonyl (C=O) groups is 2. The lowest BCUT2D eigenvalue weighted by molar-refractivity contribution is -0.140. The van der Waals surface area contributed by atoms with E-state index in [2.05, 4.69) is 0 Å². The molecule has 10 heteroatoms. The molecule has 40 heavy (non-hydrogen) atoms. The Morgan fingerprint density at radius 2 is 1.50 bits per heavy atom. The minimum absolute atomic E-state index is 0.0827. The number of furan rings is 1. The second-order valence-electron chi connectivity index (χ2n) is 8.92. The fourth-order valence-corrected chi connectivity index (χ4v) is 4.51. The first kappa shape index (κ1) is 26.1. The summed E-state index contributed by atoms with van der Waals surface area (Å²) in [6.45, 7) is 0. The highest BCUT2D eigenvalue weighted by molar-refractivity contribution is 5.93. The number of hydrogen-bond acceptors (Lipinski definition) is 9. The predicted molar refractivity (Wildman–Crippen MR) is 142 cm³/mol. The fraction of sp³-hybridized carbons (Fsp3) is 0.100. The zero-order chi connectivity index (χ0) is 28.6. The van der Waals surface area contributed by atoms with Gasteiger partial charge in [0.1, 0.15) is 28.2 Å². The number of esters is 1. The average molecular weight is 542 g/mol. The van der Waals surface area contributed by atoms with E-state index in [4.69, 9.17) is 18.7 Å². The quantitative estimate of drug-likeness (QED) is 0.158. The lowest BCUT2D eigenvalue weighted by Crippen LogP contribution is -2.12. The predicted octanol–water partition coefficient (Wildman–Crippen LogP) is 5.23. The molecular formula is C30H22O10. The Morgan fingerprint density at radius 1 is 0.825 bits per heavy atom. The standard InChI is InChI=1S/C30H22O10/c1-38-23(32)13-18(21-12-11-20(39-21)16-7-9-17(10-8-16)30(36)37)24-26(33)28(35)27(34)25-19(31)14-22(40-29(24)25)15-5-3-2-4-6-15/h2-12,14,18,33-35H,13H2,1H3,(H,36,37). The van der Waals surface area contributed by atoms with Crippen LogP contribution >= 0.6 is 0 Å². The van der Waals surface area contributed by atoms with Gasteiger partial charge in [-0.1, -0.05) is 42.5 Å². The monoisotopic (exact) mass is 542 g/mol. The Balaban J connectivity index is 1.73. The van der Waals surface area contributed by atoms with Crippen molar-refractivity contribution in [3.63, 3.8) is 0 Å². The average Bonchev–Trinajstić information content (AvgIpc) is 3.45. The van der Waals surface area contributed by atoms with Crippen molar-refractivity contribution < 1.29 is 43.6 Å². The van der Waals surface area contributed by atoms with Gasteiger partial charge in [0.2, 0.25) is 5.75 Å². The summed E-state index contributed by atoms with van der Waals surface area (Å²) in [5.74, 6) is -4.99. The third-order valence-corrected chi connectivity index (χ3v) is 6.52. The first-order chi connectivity index (χ1) is 19.2. The lowest BCUT2D eigenvalue weighted by Gasteiger charge is -2.19. The Labute approximate surface area is 225 Å². The van der Waals surface area contributed by atoms with Crippen molar-refractivity contribution >= 4 is 22.9 Å². The van der Waals surface area contributed by atoms with Crippen LogP contribution in [0.5, 0.6) is 17.2 Å². The van der Waals surface area contributed by atoms with E-state index < -0.39 is 52.3 Å². The highest BCUT2D eigenvalue weighted by Gasteiger charge is 2.33. The maximum Gasteiger partial charge on any atom is 0.335 e. The van der Waals surface area contributed by atoms with Crippen molar-refractivity contribution in [3.05, 3.63) is 99.9 Å². The van der Waals surface area contributed by atoms with Gasteiger partial charge in [0.05, 0.1) is 30.6 Å². The summed E-state index contributed by atoms with van der Waals surface area (Å²) >= 11 is 0. The van der Waals surface area contributed by atoms with Gasteiger partial charge in [0, 0.05) is 17.2 Å². The van der Waals surface area contributed by atoms with Crippen molar-refractivity contribution in [3.8, 4) is 39.9 Å². The Kier molecular flexibility index (Phi) is 6.75. The van der Waals surface area contributed by atoms with E-state index in [0.717, 1.165) is 6.07 Å². The molecule has 2 aromatic heterocycles. The summed E-state index contributed by atoms with van der Waals surface area (Å²) in [4.78, 5) is 36.8. The van der Waals surface area contributed by atoms with Crippen LogP contribution in [0, 0.1) is 0 Å². The molecule has 0 aliphatic rings. The minimum atomic E-state index is -1.14. The number of rotatable bonds is 7. The number of ether oxygens (including phenoxy) is 1. The molecule has 0 aliphatic heterocycles. The third-order valence-electron chi connectivity index (χ3n) is 6.52. The minimum Gasteiger partial charge on any atom is -0.504 e. The molecular weight excluding hydrogens is 520 g/mol. The normalized spacial score (nSPS) is 11.8. The number of fused-ring (bicyclic) bond motifs is 1. The van der Waals surface area contributed by atoms with E-state index in [1.807, 2.05) is 0 Å². The van der Waals surface area contributed by atoms with Crippen molar-refractivity contribution in [2.24, 2.45) is 0 Å². The van der Waals surface area contributed by atoms with Crippen LogP contribution in [-0.2, 0) is 9.53 Å². The summed E-state index contributed by atoms with van der Waals surface area (Å²) in [7, 11) is 1.18. The number of phenols is 3. The van der Waals surface area contributed by atoms with Crippen LogP contribution < -0.4 is 5.43 Å². The first-order valence-electron chi connectivity index (χ1n) is 12.0. The van der Waals surface area contributed by atoms with Gasteiger partial charge in [0.25, 0.3) is 0 Å². The molecule has 0 fully saturated rings. The molecule has 1 atom stereocenters. The van der Waals surface area contributed by atoms with Crippen LogP contribution in [-0.4, -0.2) is 39.5 Å². The van der Waals surface area contributed by atoms with Crippen molar-refractivity contribution in [2.45, 2.75) is 12.3 Å². The van der Waals surface area contributed by atoms with E-state index in [9.17, 15) is 29.7 Å². The molecule has 10 nitrogen and oxygen atoms in total. The molecule has 0 bridgehead atoms. The molecule has 5 rings (SSSR count). The molecule has 0 saturated carbocycles. The van der Waals surface area contributed by atoms with Crippen LogP contribution in [0.25, 0.3) is 33.6 Å². The number of aromatic hydroxyl groups is 3. The van der Waals surface area contributed by atoms with Gasteiger partial charge in [0.15, 0.2) is 16.9 Å². The molecule has 0 saturated heterocycles. The van der Waals surface area contributed by atoms with Crippen molar-refractivity contribution in [1.82, 2.24) is 0 Å². The van der Waals surface area contributed by atoms with Crippen LogP contribution in [0.15, 0.2) is 86.4 Å². The first-order valence-corrected chi connectivity index (χ1v) is 12.0. The summed E-state index contributed by atoms with van der Waals surface area (Å²) < 4.78 is 16.9. The molecule has 2 heterocycles. The van der Waals surface area contributed by atoms with Crippen LogP contribution in [0.2, 0.25) is 0 Å². The number of hydrogen-bond donors (Lipinski definition) is 4. The van der Waals surface area contributed by atoms with E-state index in [1.165, 1.54) is 25.3 Å². The van der Waals surface area contributed by atoms with Crippen molar-refractivity contribution in [2.75, 3.05) is 7.11 Å². The molecule has 5 aromatic rings.